The van der Waals surface area contributed by atoms with E-state index in [4.69, 9.17) is 21.2 Å². The molecule has 0 fully saturated rings. The van der Waals surface area contributed by atoms with E-state index in [2.05, 4.69) is 12.0 Å². The molecule has 20 heavy (non-hydrogen) atoms. The normalized spacial score (nSPS) is 9.30. The van der Waals surface area contributed by atoms with Gasteiger partial charge in [0.25, 0.3) is 0 Å². The molecule has 3 nitrogen and oxygen atoms in total. The number of hydrogen-bond donors (Lipinski definition) is 0. The summed E-state index contributed by atoms with van der Waals surface area (Å²) in [6.07, 6.45) is 5.15. The van der Waals surface area contributed by atoms with E-state index in [1.54, 1.807) is 18.2 Å². The molecular formula is C17H13NO2. The van der Waals surface area contributed by atoms with E-state index in [9.17, 15) is 0 Å². The maximum atomic E-state index is 9.08. The van der Waals surface area contributed by atoms with Crippen molar-refractivity contribution in [3.05, 3.63) is 59.7 Å². The molecule has 0 atom stereocenters. The first-order valence-corrected chi connectivity index (χ1v) is 6.10. The third kappa shape index (κ3) is 3.54. The molecule has 0 saturated heterocycles. The Morgan fingerprint density at radius 3 is 2.55 bits per heavy atom. The number of hydrogen-bond acceptors (Lipinski definition) is 3. The highest BCUT2D eigenvalue weighted by atomic mass is 16.5. The molecule has 0 saturated carbocycles. The van der Waals surface area contributed by atoms with Gasteiger partial charge in [-0.25, -0.2) is 0 Å². The van der Waals surface area contributed by atoms with E-state index in [0.717, 1.165) is 5.56 Å². The molecule has 0 amide bonds. The van der Waals surface area contributed by atoms with Crippen LogP contribution in [0.1, 0.15) is 11.1 Å². The Labute approximate surface area is 118 Å². The molecule has 0 aliphatic rings. The van der Waals surface area contributed by atoms with Crippen molar-refractivity contribution in [3.63, 3.8) is 0 Å². The largest absolute Gasteiger partial charge is 0.487 e. The minimum atomic E-state index is 0.185. The molecule has 0 unspecified atom stereocenters. The van der Waals surface area contributed by atoms with Crippen molar-refractivity contribution >= 4 is 0 Å². The first-order valence-electron chi connectivity index (χ1n) is 6.10. The predicted octanol–water partition coefficient (Wildman–Crippen LogP) is 3.15. The Bertz CT molecular complexity index is 651. The fraction of sp³-hybridized carbons (Fsp3) is 0.118. The second-order valence-corrected chi connectivity index (χ2v) is 4.04. The van der Waals surface area contributed by atoms with Gasteiger partial charge in [0.1, 0.15) is 30.8 Å². The molecule has 98 valence electrons. The Kier molecular flexibility index (Phi) is 4.65. The monoisotopic (exact) mass is 263 g/mol. The van der Waals surface area contributed by atoms with Gasteiger partial charge in [0.05, 0.1) is 5.56 Å². The van der Waals surface area contributed by atoms with Gasteiger partial charge in [-0.1, -0.05) is 36.3 Å². The topological polar surface area (TPSA) is 42.2 Å². The van der Waals surface area contributed by atoms with Crippen molar-refractivity contribution in [2.24, 2.45) is 0 Å². The summed E-state index contributed by atoms with van der Waals surface area (Å²) >= 11 is 0. The lowest BCUT2D eigenvalue weighted by Crippen LogP contribution is -1.99. The van der Waals surface area contributed by atoms with E-state index < -0.39 is 0 Å². The highest BCUT2D eigenvalue weighted by Crippen LogP contribution is 2.25. The van der Waals surface area contributed by atoms with Crippen molar-refractivity contribution in [2.45, 2.75) is 6.61 Å². The Hall–Kier alpha value is -2.91. The molecule has 2 rings (SSSR count). The van der Waals surface area contributed by atoms with Gasteiger partial charge in [0.15, 0.2) is 0 Å². The fourth-order valence-corrected chi connectivity index (χ4v) is 1.66. The van der Waals surface area contributed by atoms with E-state index in [1.165, 1.54) is 0 Å². The summed E-state index contributed by atoms with van der Waals surface area (Å²) < 4.78 is 11.0. The molecule has 0 aliphatic heterocycles. The summed E-state index contributed by atoms with van der Waals surface area (Å²) in [4.78, 5) is 0. The fourth-order valence-electron chi connectivity index (χ4n) is 1.66. The van der Waals surface area contributed by atoms with Crippen LogP contribution in [-0.2, 0) is 6.61 Å². The maximum absolute atomic E-state index is 9.08. The van der Waals surface area contributed by atoms with Gasteiger partial charge in [0.2, 0.25) is 0 Å². The van der Waals surface area contributed by atoms with Crippen LogP contribution in [0.5, 0.6) is 11.5 Å². The summed E-state index contributed by atoms with van der Waals surface area (Å²) in [6.45, 7) is 0.581. The average molecular weight is 263 g/mol. The molecule has 0 aromatic heterocycles. The van der Waals surface area contributed by atoms with Gasteiger partial charge >= 0.3 is 0 Å². The third-order valence-corrected chi connectivity index (χ3v) is 2.63. The van der Waals surface area contributed by atoms with Crippen LogP contribution in [0, 0.1) is 23.7 Å². The van der Waals surface area contributed by atoms with Gasteiger partial charge in [-0.3, -0.25) is 0 Å². The molecule has 0 heterocycles. The number of benzene rings is 2. The third-order valence-electron chi connectivity index (χ3n) is 2.63. The molecule has 2 aromatic rings. The zero-order chi connectivity index (χ0) is 14.2. The Morgan fingerprint density at radius 1 is 1.05 bits per heavy atom. The molecule has 0 N–H and O–H groups in total. The van der Waals surface area contributed by atoms with E-state index in [0.29, 0.717) is 23.7 Å². The lowest BCUT2D eigenvalue weighted by Gasteiger charge is -2.10. The smallest absolute Gasteiger partial charge is 0.148 e. The number of terminal acetylenes is 1. The minimum Gasteiger partial charge on any atom is -0.487 e. The lowest BCUT2D eigenvalue weighted by molar-refractivity contribution is 0.301. The lowest BCUT2D eigenvalue weighted by atomic mass is 10.2. The first kappa shape index (κ1) is 13.5. The predicted molar refractivity (Wildman–Crippen MR) is 76.3 cm³/mol. The summed E-state index contributed by atoms with van der Waals surface area (Å²) in [6, 6.07) is 16.9. The SMILES string of the molecule is C#CCOc1ccc(C#N)c(OCc2ccccc2)c1. The Balaban J connectivity index is 2.13. The van der Waals surface area contributed by atoms with Crippen molar-refractivity contribution in [1.82, 2.24) is 0 Å². The quantitative estimate of drug-likeness (QED) is 0.778. The summed E-state index contributed by atoms with van der Waals surface area (Å²) in [5.41, 5.74) is 1.50. The first-order chi connectivity index (χ1) is 9.83. The summed E-state index contributed by atoms with van der Waals surface area (Å²) in [5, 5.41) is 9.08. The standard InChI is InChI=1S/C17H13NO2/c1-2-10-19-16-9-8-15(12-18)17(11-16)20-13-14-6-4-3-5-7-14/h1,3-9,11H,10,13H2. The number of nitrogens with zero attached hydrogens (tertiary/aromatic N) is 1. The van der Waals surface area contributed by atoms with Crippen molar-refractivity contribution in [2.75, 3.05) is 6.61 Å². The van der Waals surface area contributed by atoms with Gasteiger partial charge in [-0.15, -0.1) is 6.42 Å². The molecule has 0 bridgehead atoms. The second-order valence-electron chi connectivity index (χ2n) is 4.04. The summed E-state index contributed by atoms with van der Waals surface area (Å²) in [7, 11) is 0. The molecule has 2 aromatic carbocycles. The van der Waals surface area contributed by atoms with Crippen LogP contribution in [0.15, 0.2) is 48.5 Å². The van der Waals surface area contributed by atoms with E-state index in [1.807, 2.05) is 30.3 Å². The zero-order valence-electron chi connectivity index (χ0n) is 10.9. The number of ether oxygens (including phenoxy) is 2. The van der Waals surface area contributed by atoms with Crippen molar-refractivity contribution < 1.29 is 9.47 Å². The molecule has 0 spiro atoms. The molecule has 0 aliphatic carbocycles. The van der Waals surface area contributed by atoms with Crippen LogP contribution in [0.25, 0.3) is 0 Å². The van der Waals surface area contributed by atoms with Crippen molar-refractivity contribution in [1.29, 1.82) is 5.26 Å². The maximum Gasteiger partial charge on any atom is 0.148 e. The van der Waals surface area contributed by atoms with Crippen LogP contribution in [0.3, 0.4) is 0 Å². The number of nitriles is 1. The molecule has 0 radical (unpaired) electrons. The van der Waals surface area contributed by atoms with Crippen molar-refractivity contribution in [3.8, 4) is 29.9 Å². The van der Waals surface area contributed by atoms with Crippen LogP contribution < -0.4 is 9.47 Å². The Morgan fingerprint density at radius 2 is 1.85 bits per heavy atom. The van der Waals surface area contributed by atoms with Crippen LogP contribution >= 0.6 is 0 Å². The number of rotatable bonds is 5. The van der Waals surface area contributed by atoms with Crippen LogP contribution in [0.2, 0.25) is 0 Å². The minimum absolute atomic E-state index is 0.185. The zero-order valence-corrected chi connectivity index (χ0v) is 10.9. The van der Waals surface area contributed by atoms with Crippen LogP contribution in [-0.4, -0.2) is 6.61 Å². The van der Waals surface area contributed by atoms with Gasteiger partial charge in [-0.05, 0) is 17.7 Å². The second kappa shape index (κ2) is 6.87. The van der Waals surface area contributed by atoms with E-state index >= 15 is 0 Å². The van der Waals surface area contributed by atoms with E-state index in [-0.39, 0.29) is 6.61 Å². The highest BCUT2D eigenvalue weighted by Gasteiger charge is 2.06. The van der Waals surface area contributed by atoms with Crippen LogP contribution in [0.4, 0.5) is 0 Å². The highest BCUT2D eigenvalue weighted by molar-refractivity contribution is 5.47. The molecular weight excluding hydrogens is 250 g/mol. The van der Waals surface area contributed by atoms with Gasteiger partial charge in [0, 0.05) is 6.07 Å². The average Bonchev–Trinajstić information content (AvgIpc) is 2.52. The summed E-state index contributed by atoms with van der Waals surface area (Å²) in [5.74, 6) is 3.47. The van der Waals surface area contributed by atoms with Gasteiger partial charge < -0.3 is 9.47 Å². The molecule has 3 heteroatoms. The van der Waals surface area contributed by atoms with Gasteiger partial charge in [-0.2, -0.15) is 5.26 Å².